The van der Waals surface area contributed by atoms with Crippen molar-refractivity contribution in [1.82, 2.24) is 4.90 Å². The number of rotatable bonds is 6. The summed E-state index contributed by atoms with van der Waals surface area (Å²) in [6.45, 7) is 3.60. The average molecular weight is 353 g/mol. The molecule has 1 heterocycles. The molecule has 4 nitrogen and oxygen atoms in total. The summed E-state index contributed by atoms with van der Waals surface area (Å²) in [5.74, 6) is 1.91. The Balaban J connectivity index is 2.19. The molecule has 1 aliphatic rings. The zero-order valence-electron chi connectivity index (χ0n) is 15.8. The quantitative estimate of drug-likeness (QED) is 0.731. The largest absolute Gasteiger partial charge is 0.493 e. The molecule has 2 unspecified atom stereocenters. The van der Waals surface area contributed by atoms with E-state index in [1.165, 1.54) is 16.7 Å². The number of ether oxygens (including phenoxy) is 2. The number of carbonyl (C=O) groups is 1. The second kappa shape index (κ2) is 8.26. The van der Waals surface area contributed by atoms with Gasteiger partial charge >= 0.3 is 0 Å². The first kappa shape index (κ1) is 18.3. The number of methoxy groups -OCH3 is 2. The molecule has 0 radical (unpaired) electrons. The zero-order chi connectivity index (χ0) is 18.5. The second-order valence-electron chi connectivity index (χ2n) is 6.84. The van der Waals surface area contributed by atoms with Crippen molar-refractivity contribution in [2.75, 3.05) is 27.3 Å². The Bertz CT molecular complexity index is 745. The molecule has 2 aromatic rings. The lowest BCUT2D eigenvalue weighted by molar-refractivity contribution is -0.118. The van der Waals surface area contributed by atoms with Gasteiger partial charge in [0.1, 0.15) is 0 Å². The molecule has 1 aliphatic heterocycles. The summed E-state index contributed by atoms with van der Waals surface area (Å²) in [4.78, 5) is 13.6. The number of fused-ring (bicyclic) bond motifs is 1. The van der Waals surface area contributed by atoms with E-state index >= 15 is 0 Å². The molecule has 0 spiro atoms. The zero-order valence-corrected chi connectivity index (χ0v) is 15.8. The van der Waals surface area contributed by atoms with Gasteiger partial charge in [-0.3, -0.25) is 4.79 Å². The highest BCUT2D eigenvalue weighted by molar-refractivity contribution is 5.55. The first-order chi connectivity index (χ1) is 12.7. The molecule has 0 saturated heterocycles. The minimum Gasteiger partial charge on any atom is -0.493 e. The fourth-order valence-electron chi connectivity index (χ4n) is 4.01. The monoisotopic (exact) mass is 353 g/mol. The lowest BCUT2D eigenvalue weighted by Crippen LogP contribution is -2.28. The van der Waals surface area contributed by atoms with Gasteiger partial charge in [-0.05, 0) is 35.2 Å². The van der Waals surface area contributed by atoms with Crippen LogP contribution in [0.3, 0.4) is 0 Å². The Kier molecular flexibility index (Phi) is 5.82. The van der Waals surface area contributed by atoms with Crippen molar-refractivity contribution in [1.29, 1.82) is 0 Å². The number of carbonyl (C=O) groups excluding carboxylic acids is 1. The van der Waals surface area contributed by atoms with Gasteiger partial charge in [0.25, 0.3) is 0 Å². The van der Waals surface area contributed by atoms with E-state index in [0.717, 1.165) is 37.3 Å². The summed E-state index contributed by atoms with van der Waals surface area (Å²) in [5.41, 5.74) is 3.71. The van der Waals surface area contributed by atoms with Crippen molar-refractivity contribution in [3.8, 4) is 11.5 Å². The summed E-state index contributed by atoms with van der Waals surface area (Å²) >= 11 is 0. The van der Waals surface area contributed by atoms with Crippen LogP contribution >= 0.6 is 0 Å². The van der Waals surface area contributed by atoms with Crippen LogP contribution in [0.25, 0.3) is 0 Å². The van der Waals surface area contributed by atoms with Crippen molar-refractivity contribution < 1.29 is 14.3 Å². The van der Waals surface area contributed by atoms with Crippen molar-refractivity contribution >= 4 is 6.41 Å². The molecule has 2 aromatic carbocycles. The Morgan fingerprint density at radius 2 is 1.69 bits per heavy atom. The molecular weight excluding hydrogens is 326 g/mol. The van der Waals surface area contributed by atoms with Gasteiger partial charge in [-0.15, -0.1) is 0 Å². The van der Waals surface area contributed by atoms with Gasteiger partial charge in [0.05, 0.1) is 14.2 Å². The van der Waals surface area contributed by atoms with Crippen LogP contribution in [0, 0.1) is 0 Å². The lowest BCUT2D eigenvalue weighted by atomic mass is 9.83. The van der Waals surface area contributed by atoms with Crippen LogP contribution in [0.15, 0.2) is 42.5 Å². The molecule has 3 rings (SSSR count). The molecule has 0 bridgehead atoms. The lowest BCUT2D eigenvalue weighted by Gasteiger charge is -2.23. The molecule has 1 amide bonds. The predicted molar refractivity (Wildman–Crippen MR) is 103 cm³/mol. The summed E-state index contributed by atoms with van der Waals surface area (Å²) in [6, 6.07) is 14.6. The maximum Gasteiger partial charge on any atom is 0.209 e. The van der Waals surface area contributed by atoms with Gasteiger partial charge in [0, 0.05) is 24.9 Å². The van der Waals surface area contributed by atoms with Gasteiger partial charge < -0.3 is 14.4 Å². The second-order valence-corrected chi connectivity index (χ2v) is 6.84. The van der Waals surface area contributed by atoms with E-state index < -0.39 is 0 Å². The Morgan fingerprint density at radius 1 is 1.04 bits per heavy atom. The number of hydrogen-bond donors (Lipinski definition) is 0. The minimum absolute atomic E-state index is 0.123. The van der Waals surface area contributed by atoms with Crippen LogP contribution in [0.2, 0.25) is 0 Å². The highest BCUT2D eigenvalue weighted by atomic mass is 16.5. The van der Waals surface area contributed by atoms with E-state index in [4.69, 9.17) is 9.47 Å². The molecule has 0 aromatic heterocycles. The number of benzene rings is 2. The van der Waals surface area contributed by atoms with Crippen LogP contribution in [0.1, 0.15) is 48.3 Å². The third kappa shape index (κ3) is 3.55. The van der Waals surface area contributed by atoms with E-state index in [-0.39, 0.29) is 5.92 Å². The van der Waals surface area contributed by atoms with Gasteiger partial charge in [0.15, 0.2) is 11.5 Å². The Hall–Kier alpha value is -2.49. The molecule has 26 heavy (non-hydrogen) atoms. The van der Waals surface area contributed by atoms with Crippen LogP contribution in [0.5, 0.6) is 11.5 Å². The molecule has 4 heteroatoms. The standard InChI is InChI=1S/C22H27NO3/c1-4-8-17-13-23(15-24)14-20(16-9-6-5-7-10-16)19-12-22(26-3)21(25-2)11-18(17)19/h5-7,9-12,15,17,20H,4,8,13-14H2,1-3H3. The highest BCUT2D eigenvalue weighted by Crippen LogP contribution is 2.42. The Morgan fingerprint density at radius 3 is 2.27 bits per heavy atom. The first-order valence-electron chi connectivity index (χ1n) is 9.21. The average Bonchev–Trinajstić information content (AvgIpc) is 2.84. The summed E-state index contributed by atoms with van der Waals surface area (Å²) in [6.07, 6.45) is 3.09. The van der Waals surface area contributed by atoms with Crippen LogP contribution < -0.4 is 9.47 Å². The molecule has 0 fully saturated rings. The van der Waals surface area contributed by atoms with E-state index in [1.54, 1.807) is 14.2 Å². The topological polar surface area (TPSA) is 38.8 Å². The molecule has 0 aliphatic carbocycles. The van der Waals surface area contributed by atoms with Crippen molar-refractivity contribution in [2.24, 2.45) is 0 Å². The van der Waals surface area contributed by atoms with Crippen LogP contribution in [0.4, 0.5) is 0 Å². The molecule has 2 atom stereocenters. The van der Waals surface area contributed by atoms with Gasteiger partial charge in [0.2, 0.25) is 6.41 Å². The highest BCUT2D eigenvalue weighted by Gasteiger charge is 2.30. The van der Waals surface area contributed by atoms with Gasteiger partial charge in [-0.2, -0.15) is 0 Å². The maximum absolute atomic E-state index is 11.7. The summed E-state index contributed by atoms with van der Waals surface area (Å²) in [5, 5.41) is 0. The fourth-order valence-corrected chi connectivity index (χ4v) is 4.01. The van der Waals surface area contributed by atoms with Gasteiger partial charge in [-0.25, -0.2) is 0 Å². The third-order valence-electron chi connectivity index (χ3n) is 5.26. The van der Waals surface area contributed by atoms with Crippen molar-refractivity contribution in [2.45, 2.75) is 31.6 Å². The maximum atomic E-state index is 11.7. The molecule has 0 N–H and O–H groups in total. The van der Waals surface area contributed by atoms with E-state index in [0.29, 0.717) is 12.5 Å². The normalized spacial score (nSPS) is 19.4. The number of nitrogens with zero attached hydrogens (tertiary/aromatic N) is 1. The van der Waals surface area contributed by atoms with Crippen LogP contribution in [-0.2, 0) is 4.79 Å². The Labute approximate surface area is 155 Å². The summed E-state index contributed by atoms with van der Waals surface area (Å²) < 4.78 is 11.1. The smallest absolute Gasteiger partial charge is 0.209 e. The molecular formula is C22H27NO3. The fraction of sp³-hybridized carbons (Fsp3) is 0.409. The van der Waals surface area contributed by atoms with Crippen molar-refractivity contribution in [3.63, 3.8) is 0 Å². The van der Waals surface area contributed by atoms with E-state index in [9.17, 15) is 4.79 Å². The molecule has 138 valence electrons. The van der Waals surface area contributed by atoms with Gasteiger partial charge in [-0.1, -0.05) is 43.7 Å². The minimum atomic E-state index is 0.123. The predicted octanol–water partition coefficient (Wildman–Crippen LogP) is 4.19. The molecule has 0 saturated carbocycles. The van der Waals surface area contributed by atoms with Crippen molar-refractivity contribution in [3.05, 3.63) is 59.2 Å². The number of amides is 1. The SMILES string of the molecule is CCCC1CN(C=O)CC(c2ccccc2)c2cc(OC)c(OC)cc21. The summed E-state index contributed by atoms with van der Waals surface area (Å²) in [7, 11) is 3.34. The third-order valence-corrected chi connectivity index (χ3v) is 5.26. The first-order valence-corrected chi connectivity index (χ1v) is 9.21. The number of hydrogen-bond acceptors (Lipinski definition) is 3. The van der Waals surface area contributed by atoms with E-state index in [1.807, 2.05) is 11.0 Å². The van der Waals surface area contributed by atoms with Crippen LogP contribution in [-0.4, -0.2) is 38.6 Å². The van der Waals surface area contributed by atoms with E-state index in [2.05, 4.69) is 43.3 Å².